The molecule has 0 aromatic carbocycles. The molecule has 1 aromatic heterocycles. The number of aliphatic carboxylic acids is 1. The first-order chi connectivity index (χ1) is 9.97. The van der Waals surface area contributed by atoms with Crippen LogP contribution in [0, 0.1) is 5.41 Å². The SMILES string of the molecule is CCC1(C(=O)O)CCCN(C(=O)C=Cc2ccc(Cl)s2)C1. The summed E-state index contributed by atoms with van der Waals surface area (Å²) in [4.78, 5) is 26.3. The molecule has 1 fully saturated rings. The predicted molar refractivity (Wildman–Crippen MR) is 84.5 cm³/mol. The summed E-state index contributed by atoms with van der Waals surface area (Å²) in [5.41, 5.74) is -0.798. The van der Waals surface area contributed by atoms with Gasteiger partial charge in [-0.15, -0.1) is 11.3 Å². The highest BCUT2D eigenvalue weighted by atomic mass is 35.5. The number of nitrogens with zero attached hydrogens (tertiary/aromatic N) is 1. The first-order valence-electron chi connectivity index (χ1n) is 6.92. The summed E-state index contributed by atoms with van der Waals surface area (Å²) in [5, 5.41) is 9.43. The van der Waals surface area contributed by atoms with Crippen LogP contribution < -0.4 is 0 Å². The Hall–Kier alpha value is -1.33. The fourth-order valence-electron chi connectivity index (χ4n) is 2.61. The lowest BCUT2D eigenvalue weighted by atomic mass is 9.77. The van der Waals surface area contributed by atoms with E-state index in [-0.39, 0.29) is 12.5 Å². The highest BCUT2D eigenvalue weighted by Crippen LogP contribution is 2.33. The Morgan fingerprint density at radius 2 is 2.29 bits per heavy atom. The number of carboxylic acid groups (broad SMARTS) is 1. The standard InChI is InChI=1S/C15H18ClNO3S/c1-2-15(14(19)20)8-3-9-17(10-15)13(18)7-5-11-4-6-12(16)21-11/h4-7H,2-3,8-10H2,1H3,(H,19,20). The van der Waals surface area contributed by atoms with E-state index in [1.54, 1.807) is 17.0 Å². The Morgan fingerprint density at radius 3 is 2.86 bits per heavy atom. The molecule has 0 radical (unpaired) electrons. The molecule has 0 aliphatic carbocycles. The van der Waals surface area contributed by atoms with E-state index >= 15 is 0 Å². The first kappa shape index (κ1) is 16.0. The summed E-state index contributed by atoms with van der Waals surface area (Å²) in [7, 11) is 0. The molecule has 114 valence electrons. The summed E-state index contributed by atoms with van der Waals surface area (Å²) < 4.78 is 0.677. The van der Waals surface area contributed by atoms with Crippen LogP contribution in [-0.4, -0.2) is 35.0 Å². The summed E-state index contributed by atoms with van der Waals surface area (Å²) >= 11 is 7.24. The van der Waals surface area contributed by atoms with Crippen molar-refractivity contribution in [2.24, 2.45) is 5.41 Å². The molecule has 6 heteroatoms. The largest absolute Gasteiger partial charge is 0.481 e. The van der Waals surface area contributed by atoms with Crippen LogP contribution in [0.5, 0.6) is 0 Å². The van der Waals surface area contributed by atoms with Crippen LogP contribution in [-0.2, 0) is 9.59 Å². The normalized spacial score (nSPS) is 22.7. The Bertz CT molecular complexity index is 569. The number of amides is 1. The van der Waals surface area contributed by atoms with Gasteiger partial charge in [-0.1, -0.05) is 18.5 Å². The number of carboxylic acids is 1. The first-order valence-corrected chi connectivity index (χ1v) is 8.12. The number of carbonyl (C=O) groups is 2. The molecule has 21 heavy (non-hydrogen) atoms. The fraction of sp³-hybridized carbons (Fsp3) is 0.467. The average Bonchev–Trinajstić information content (AvgIpc) is 2.90. The number of carbonyl (C=O) groups excluding carboxylic acids is 1. The molecule has 1 amide bonds. The van der Waals surface area contributed by atoms with Gasteiger partial charge in [-0.25, -0.2) is 0 Å². The molecule has 0 spiro atoms. The molecule has 1 N–H and O–H groups in total. The van der Waals surface area contributed by atoms with E-state index in [1.165, 1.54) is 17.4 Å². The number of rotatable bonds is 4. The van der Waals surface area contributed by atoms with E-state index in [1.807, 2.05) is 13.0 Å². The highest BCUT2D eigenvalue weighted by Gasteiger charge is 2.41. The number of hydrogen-bond acceptors (Lipinski definition) is 3. The minimum absolute atomic E-state index is 0.140. The zero-order valence-corrected chi connectivity index (χ0v) is 13.4. The van der Waals surface area contributed by atoms with Gasteiger partial charge in [0.25, 0.3) is 0 Å². The third-order valence-electron chi connectivity index (χ3n) is 4.00. The third kappa shape index (κ3) is 3.66. The number of thiophene rings is 1. The van der Waals surface area contributed by atoms with Crippen molar-refractivity contribution < 1.29 is 14.7 Å². The molecule has 1 atom stereocenters. The van der Waals surface area contributed by atoms with Crippen LogP contribution in [0.1, 0.15) is 31.1 Å². The summed E-state index contributed by atoms with van der Waals surface area (Å²) in [6, 6.07) is 3.63. The molecule has 0 saturated carbocycles. The van der Waals surface area contributed by atoms with Gasteiger partial charge in [0.2, 0.25) is 5.91 Å². The van der Waals surface area contributed by atoms with Crippen molar-refractivity contribution in [2.75, 3.05) is 13.1 Å². The molecular formula is C15H18ClNO3S. The van der Waals surface area contributed by atoms with E-state index in [4.69, 9.17) is 11.6 Å². The third-order valence-corrected chi connectivity index (χ3v) is 5.20. The lowest BCUT2D eigenvalue weighted by molar-refractivity contribution is -0.154. The van der Waals surface area contributed by atoms with E-state index < -0.39 is 11.4 Å². The zero-order chi connectivity index (χ0) is 15.5. The van der Waals surface area contributed by atoms with Gasteiger partial charge in [-0.05, 0) is 37.5 Å². The molecule has 2 heterocycles. The van der Waals surface area contributed by atoms with Crippen LogP contribution in [0.2, 0.25) is 4.34 Å². The summed E-state index contributed by atoms with van der Waals surface area (Å²) in [6.07, 6.45) is 5.12. The molecule has 1 unspecified atom stereocenters. The minimum atomic E-state index is -0.809. The number of piperidine rings is 1. The quantitative estimate of drug-likeness (QED) is 0.861. The maximum Gasteiger partial charge on any atom is 0.311 e. The Balaban J connectivity index is 2.05. The van der Waals surface area contributed by atoms with Crippen molar-refractivity contribution in [3.63, 3.8) is 0 Å². The Morgan fingerprint density at radius 1 is 1.52 bits per heavy atom. The molecule has 0 bridgehead atoms. The van der Waals surface area contributed by atoms with Crippen LogP contribution in [0.15, 0.2) is 18.2 Å². The maximum atomic E-state index is 12.2. The van der Waals surface area contributed by atoms with Crippen molar-refractivity contribution in [3.8, 4) is 0 Å². The molecule has 1 aliphatic heterocycles. The number of hydrogen-bond donors (Lipinski definition) is 1. The van der Waals surface area contributed by atoms with E-state index in [9.17, 15) is 14.7 Å². The van der Waals surface area contributed by atoms with Crippen molar-refractivity contribution in [2.45, 2.75) is 26.2 Å². The van der Waals surface area contributed by atoms with E-state index in [2.05, 4.69) is 0 Å². The van der Waals surface area contributed by atoms with Crippen LogP contribution in [0.25, 0.3) is 6.08 Å². The van der Waals surface area contributed by atoms with Gasteiger partial charge in [0.15, 0.2) is 0 Å². The minimum Gasteiger partial charge on any atom is -0.481 e. The van der Waals surface area contributed by atoms with Gasteiger partial charge in [0.05, 0.1) is 9.75 Å². The lowest BCUT2D eigenvalue weighted by Crippen LogP contribution is -2.49. The van der Waals surface area contributed by atoms with Crippen LogP contribution in [0.4, 0.5) is 0 Å². The maximum absolute atomic E-state index is 12.2. The van der Waals surface area contributed by atoms with E-state index in [0.717, 1.165) is 11.3 Å². The summed E-state index contributed by atoms with van der Waals surface area (Å²) in [5.74, 6) is -0.949. The highest BCUT2D eigenvalue weighted by molar-refractivity contribution is 7.17. The second-order valence-corrected chi connectivity index (χ2v) is 7.02. The fourth-order valence-corrected chi connectivity index (χ4v) is 3.57. The monoisotopic (exact) mass is 327 g/mol. The van der Waals surface area contributed by atoms with Gasteiger partial charge < -0.3 is 10.0 Å². The zero-order valence-electron chi connectivity index (χ0n) is 11.8. The smallest absolute Gasteiger partial charge is 0.311 e. The molecule has 2 rings (SSSR count). The average molecular weight is 328 g/mol. The molecule has 1 saturated heterocycles. The second-order valence-electron chi connectivity index (χ2n) is 5.28. The lowest BCUT2D eigenvalue weighted by Gasteiger charge is -2.39. The Kier molecular flexibility index (Phi) is 5.06. The van der Waals surface area contributed by atoms with Crippen molar-refractivity contribution >= 4 is 40.9 Å². The molecular weight excluding hydrogens is 310 g/mol. The predicted octanol–water partition coefficient (Wildman–Crippen LogP) is 3.52. The molecule has 1 aromatic rings. The van der Waals surface area contributed by atoms with Crippen molar-refractivity contribution in [3.05, 3.63) is 27.4 Å². The number of likely N-dealkylation sites (tertiary alicyclic amines) is 1. The van der Waals surface area contributed by atoms with Gasteiger partial charge in [-0.3, -0.25) is 9.59 Å². The number of halogens is 1. The van der Waals surface area contributed by atoms with E-state index in [0.29, 0.717) is 23.7 Å². The van der Waals surface area contributed by atoms with Gasteiger partial charge >= 0.3 is 5.97 Å². The van der Waals surface area contributed by atoms with Gasteiger partial charge in [0, 0.05) is 24.0 Å². The van der Waals surface area contributed by atoms with Crippen molar-refractivity contribution in [1.82, 2.24) is 4.90 Å². The van der Waals surface area contributed by atoms with Gasteiger partial charge in [-0.2, -0.15) is 0 Å². The second kappa shape index (κ2) is 6.62. The van der Waals surface area contributed by atoms with Crippen molar-refractivity contribution in [1.29, 1.82) is 0 Å². The Labute approximate surface area is 133 Å². The van der Waals surface area contributed by atoms with Crippen LogP contribution in [0.3, 0.4) is 0 Å². The summed E-state index contributed by atoms with van der Waals surface area (Å²) in [6.45, 7) is 2.77. The molecule has 4 nitrogen and oxygen atoms in total. The van der Waals surface area contributed by atoms with Crippen LogP contribution >= 0.6 is 22.9 Å². The molecule has 1 aliphatic rings. The van der Waals surface area contributed by atoms with Gasteiger partial charge in [0.1, 0.15) is 0 Å². The topological polar surface area (TPSA) is 57.6 Å².